The number of aliphatic carboxylic acids is 1. The number of carbonyl (C=O) groups is 2. The SMILES string of the molecule is Cc1ccc(NC(=O)C2(c3ccc4c(c3)OCO4)CC2)cc1-c1ccc(CC(=O)O)cc1. The Morgan fingerprint density at radius 3 is 2.44 bits per heavy atom. The molecule has 3 aromatic carbocycles. The number of fused-ring (bicyclic) bond motifs is 1. The smallest absolute Gasteiger partial charge is 0.307 e. The maximum atomic E-state index is 13.2. The molecule has 2 N–H and O–H groups in total. The van der Waals surface area contributed by atoms with Gasteiger partial charge in [-0.15, -0.1) is 0 Å². The van der Waals surface area contributed by atoms with Gasteiger partial charge in [0.05, 0.1) is 11.8 Å². The second kappa shape index (κ2) is 7.71. The highest BCUT2D eigenvalue weighted by Gasteiger charge is 2.51. The van der Waals surface area contributed by atoms with Crippen molar-refractivity contribution in [1.29, 1.82) is 0 Å². The van der Waals surface area contributed by atoms with E-state index in [1.54, 1.807) is 0 Å². The van der Waals surface area contributed by atoms with Crippen LogP contribution >= 0.6 is 0 Å². The third-order valence-corrected chi connectivity index (χ3v) is 6.23. The topological polar surface area (TPSA) is 84.9 Å². The van der Waals surface area contributed by atoms with Crippen molar-refractivity contribution in [1.82, 2.24) is 0 Å². The molecule has 0 bridgehead atoms. The number of nitrogens with one attached hydrogen (secondary N) is 1. The van der Waals surface area contributed by atoms with Crippen LogP contribution in [0.4, 0.5) is 5.69 Å². The second-order valence-electron chi connectivity index (χ2n) is 8.40. The van der Waals surface area contributed by atoms with Crippen LogP contribution in [0.15, 0.2) is 60.7 Å². The van der Waals surface area contributed by atoms with Crippen molar-refractivity contribution in [3.05, 3.63) is 77.4 Å². The van der Waals surface area contributed by atoms with Crippen molar-refractivity contribution >= 4 is 17.6 Å². The number of carboxylic acids is 1. The summed E-state index contributed by atoms with van der Waals surface area (Å²) in [6, 6.07) is 19.1. The lowest BCUT2D eigenvalue weighted by Crippen LogP contribution is -2.27. The maximum absolute atomic E-state index is 13.2. The van der Waals surface area contributed by atoms with Gasteiger partial charge in [-0.1, -0.05) is 36.4 Å². The minimum absolute atomic E-state index is 0.00268. The lowest BCUT2D eigenvalue weighted by atomic mass is 9.94. The molecule has 0 unspecified atom stereocenters. The lowest BCUT2D eigenvalue weighted by molar-refractivity contribution is -0.136. The molecule has 0 aromatic heterocycles. The summed E-state index contributed by atoms with van der Waals surface area (Å²) in [4.78, 5) is 24.2. The molecule has 1 aliphatic carbocycles. The molecule has 1 aliphatic heterocycles. The number of carboxylic acid groups (broad SMARTS) is 1. The first-order valence-electron chi connectivity index (χ1n) is 10.6. The van der Waals surface area contributed by atoms with E-state index in [0.29, 0.717) is 11.5 Å². The summed E-state index contributed by atoms with van der Waals surface area (Å²) < 4.78 is 10.9. The van der Waals surface area contributed by atoms with E-state index in [1.165, 1.54) is 0 Å². The second-order valence-corrected chi connectivity index (χ2v) is 8.40. The molecule has 0 spiro atoms. The summed E-state index contributed by atoms with van der Waals surface area (Å²) in [5, 5.41) is 12.1. The van der Waals surface area contributed by atoms with E-state index in [9.17, 15) is 9.59 Å². The molecule has 1 fully saturated rings. The van der Waals surface area contributed by atoms with Crippen LogP contribution in [0.25, 0.3) is 11.1 Å². The third-order valence-electron chi connectivity index (χ3n) is 6.23. The van der Waals surface area contributed by atoms with E-state index >= 15 is 0 Å². The molecular formula is C26H23NO5. The molecular weight excluding hydrogens is 406 g/mol. The molecule has 6 nitrogen and oxygen atoms in total. The summed E-state index contributed by atoms with van der Waals surface area (Å²) in [5.74, 6) is 0.520. The van der Waals surface area contributed by atoms with Gasteiger partial charge < -0.3 is 19.9 Å². The van der Waals surface area contributed by atoms with Crippen LogP contribution in [0.1, 0.15) is 29.5 Å². The Balaban J connectivity index is 1.37. The lowest BCUT2D eigenvalue weighted by Gasteiger charge is -2.17. The van der Waals surface area contributed by atoms with Gasteiger partial charge >= 0.3 is 5.97 Å². The zero-order valence-electron chi connectivity index (χ0n) is 17.7. The number of carbonyl (C=O) groups excluding carboxylic acids is 1. The van der Waals surface area contributed by atoms with E-state index in [-0.39, 0.29) is 19.1 Å². The van der Waals surface area contributed by atoms with Gasteiger partial charge in [0.25, 0.3) is 0 Å². The van der Waals surface area contributed by atoms with Crippen LogP contribution in [0.5, 0.6) is 11.5 Å². The Kier molecular flexibility index (Phi) is 4.85. The fourth-order valence-corrected chi connectivity index (χ4v) is 4.20. The highest BCUT2D eigenvalue weighted by Crippen LogP contribution is 2.51. The molecule has 2 aliphatic rings. The van der Waals surface area contributed by atoms with E-state index in [4.69, 9.17) is 14.6 Å². The van der Waals surface area contributed by atoms with Crippen LogP contribution in [-0.2, 0) is 21.4 Å². The maximum Gasteiger partial charge on any atom is 0.307 e. The summed E-state index contributed by atoms with van der Waals surface area (Å²) in [7, 11) is 0. The first-order valence-corrected chi connectivity index (χ1v) is 10.6. The van der Waals surface area contributed by atoms with Gasteiger partial charge in [-0.3, -0.25) is 9.59 Å². The van der Waals surface area contributed by atoms with Crippen molar-refractivity contribution in [3.63, 3.8) is 0 Å². The number of aryl methyl sites for hydroxylation is 1. The first kappa shape index (κ1) is 20.1. The molecule has 6 heteroatoms. The molecule has 162 valence electrons. The standard InChI is InChI=1S/C26H23NO5/c1-16-2-8-20(14-21(16)18-5-3-17(4-6-18)12-24(28)29)27-25(30)26(10-11-26)19-7-9-22-23(13-19)32-15-31-22/h2-9,13-14H,10-12,15H2,1H3,(H,27,30)(H,28,29). The van der Waals surface area contributed by atoms with Gasteiger partial charge in [-0.05, 0) is 71.8 Å². The first-order chi connectivity index (χ1) is 15.4. The van der Waals surface area contributed by atoms with Crippen molar-refractivity contribution in [2.45, 2.75) is 31.6 Å². The number of rotatable bonds is 6. The quantitative estimate of drug-likeness (QED) is 0.594. The number of benzene rings is 3. The van der Waals surface area contributed by atoms with Crippen molar-refractivity contribution in [2.24, 2.45) is 0 Å². The Morgan fingerprint density at radius 2 is 1.72 bits per heavy atom. The van der Waals surface area contributed by atoms with Gasteiger partial charge in [-0.2, -0.15) is 0 Å². The molecule has 1 saturated carbocycles. The Hall–Kier alpha value is -3.80. The molecule has 1 amide bonds. The molecule has 0 atom stereocenters. The zero-order valence-corrected chi connectivity index (χ0v) is 17.7. The zero-order chi connectivity index (χ0) is 22.3. The fraction of sp³-hybridized carbons (Fsp3) is 0.231. The molecule has 32 heavy (non-hydrogen) atoms. The predicted octanol–water partition coefficient (Wildman–Crippen LogP) is 4.69. The largest absolute Gasteiger partial charge is 0.481 e. The van der Waals surface area contributed by atoms with E-state index < -0.39 is 11.4 Å². The summed E-state index contributed by atoms with van der Waals surface area (Å²) in [5.41, 5.74) is 4.94. The van der Waals surface area contributed by atoms with Crippen molar-refractivity contribution < 1.29 is 24.2 Å². The van der Waals surface area contributed by atoms with Gasteiger partial charge in [0.2, 0.25) is 12.7 Å². The van der Waals surface area contributed by atoms with Crippen molar-refractivity contribution in [3.8, 4) is 22.6 Å². The monoisotopic (exact) mass is 429 g/mol. The van der Waals surface area contributed by atoms with Gasteiger partial charge in [-0.25, -0.2) is 0 Å². The Labute approximate surface area is 185 Å². The number of ether oxygens (including phenoxy) is 2. The van der Waals surface area contributed by atoms with E-state index in [1.807, 2.05) is 67.6 Å². The van der Waals surface area contributed by atoms with E-state index in [0.717, 1.165) is 46.3 Å². The number of amides is 1. The van der Waals surface area contributed by atoms with Crippen LogP contribution in [0.2, 0.25) is 0 Å². The summed E-state index contributed by atoms with van der Waals surface area (Å²) in [6.45, 7) is 2.22. The minimum atomic E-state index is -0.852. The molecule has 3 aromatic rings. The normalized spacial score (nSPS) is 15.3. The third kappa shape index (κ3) is 3.68. The van der Waals surface area contributed by atoms with Crippen LogP contribution < -0.4 is 14.8 Å². The molecule has 0 saturated heterocycles. The number of anilines is 1. The molecule has 5 rings (SSSR count). The van der Waals surface area contributed by atoms with Gasteiger partial charge in [0, 0.05) is 5.69 Å². The highest BCUT2D eigenvalue weighted by molar-refractivity contribution is 6.02. The molecule has 1 heterocycles. The summed E-state index contributed by atoms with van der Waals surface area (Å²) in [6.07, 6.45) is 1.59. The average Bonchev–Trinajstić information content (AvgIpc) is 3.46. The number of hydrogen-bond donors (Lipinski definition) is 2. The average molecular weight is 429 g/mol. The molecule has 0 radical (unpaired) electrons. The van der Waals surface area contributed by atoms with Gasteiger partial charge in [0.15, 0.2) is 11.5 Å². The fourth-order valence-electron chi connectivity index (χ4n) is 4.20. The van der Waals surface area contributed by atoms with E-state index in [2.05, 4.69) is 5.32 Å². The van der Waals surface area contributed by atoms with Crippen LogP contribution in [-0.4, -0.2) is 23.8 Å². The Bertz CT molecular complexity index is 1210. The Morgan fingerprint density at radius 1 is 0.969 bits per heavy atom. The number of hydrogen-bond acceptors (Lipinski definition) is 4. The highest BCUT2D eigenvalue weighted by atomic mass is 16.7. The van der Waals surface area contributed by atoms with Crippen molar-refractivity contribution in [2.75, 3.05) is 12.1 Å². The van der Waals surface area contributed by atoms with Crippen LogP contribution in [0.3, 0.4) is 0 Å². The summed E-state index contributed by atoms with van der Waals surface area (Å²) >= 11 is 0. The van der Waals surface area contributed by atoms with Gasteiger partial charge in [0.1, 0.15) is 0 Å². The minimum Gasteiger partial charge on any atom is -0.481 e. The van der Waals surface area contributed by atoms with Crippen LogP contribution in [0, 0.1) is 6.92 Å². The predicted molar refractivity (Wildman–Crippen MR) is 120 cm³/mol.